The van der Waals surface area contributed by atoms with E-state index in [9.17, 15) is 0 Å². The van der Waals surface area contributed by atoms with Gasteiger partial charge in [-0.05, 0) is 11.8 Å². The SMILES string of the molecule is CC1C2SC3SC1SC(S2)C3C. The van der Waals surface area contributed by atoms with Gasteiger partial charge in [0, 0.05) is 0 Å². The molecule has 0 aromatic carbocycles. The highest BCUT2D eigenvalue weighted by molar-refractivity contribution is 8.35. The molecule has 4 aliphatic rings. The summed E-state index contributed by atoms with van der Waals surface area (Å²) in [6.45, 7) is 4.86. The van der Waals surface area contributed by atoms with E-state index >= 15 is 0 Å². The summed E-state index contributed by atoms with van der Waals surface area (Å²) in [5, 5.41) is 0. The topological polar surface area (TPSA) is 0 Å². The van der Waals surface area contributed by atoms with E-state index in [1.807, 2.05) is 0 Å². The summed E-state index contributed by atoms with van der Waals surface area (Å²) < 4.78 is 3.68. The Bertz CT molecular complexity index is 157. The summed E-state index contributed by atoms with van der Waals surface area (Å²) in [5.74, 6) is 1.85. The molecule has 4 fully saturated rings. The minimum atomic E-state index is 0.920. The van der Waals surface area contributed by atoms with E-state index in [0.717, 1.165) is 30.2 Å². The first-order chi connectivity index (χ1) is 5.75. The zero-order valence-corrected chi connectivity index (χ0v) is 10.4. The second kappa shape index (κ2) is 2.94. The number of hydrogen-bond acceptors (Lipinski definition) is 4. The zero-order chi connectivity index (χ0) is 8.29. The molecular formula is C8H12S4. The van der Waals surface area contributed by atoms with Gasteiger partial charge in [0.2, 0.25) is 0 Å². The molecule has 4 rings (SSSR count). The summed E-state index contributed by atoms with van der Waals surface area (Å²) in [6, 6.07) is 0. The Labute approximate surface area is 90.8 Å². The molecule has 0 unspecified atom stereocenters. The molecule has 0 atom stereocenters. The Morgan fingerprint density at radius 2 is 0.833 bits per heavy atom. The van der Waals surface area contributed by atoms with Crippen molar-refractivity contribution in [2.75, 3.05) is 0 Å². The van der Waals surface area contributed by atoms with Crippen LogP contribution in [0.15, 0.2) is 0 Å². The zero-order valence-electron chi connectivity index (χ0n) is 7.10. The summed E-state index contributed by atoms with van der Waals surface area (Å²) >= 11 is 8.94. The van der Waals surface area contributed by atoms with Crippen molar-refractivity contribution in [2.45, 2.75) is 32.2 Å². The second-order valence-corrected chi connectivity index (χ2v) is 10.1. The molecule has 4 saturated heterocycles. The normalized spacial score (nSPS) is 62.5. The minimum absolute atomic E-state index is 0.920. The van der Waals surface area contributed by atoms with Gasteiger partial charge in [-0.2, -0.15) is 0 Å². The van der Waals surface area contributed by atoms with Crippen molar-refractivity contribution < 1.29 is 0 Å². The highest BCUT2D eigenvalue weighted by atomic mass is 32.3. The lowest BCUT2D eigenvalue weighted by Crippen LogP contribution is -2.46. The summed E-state index contributed by atoms with van der Waals surface area (Å²) in [5.41, 5.74) is 0. The van der Waals surface area contributed by atoms with Crippen molar-refractivity contribution in [3.05, 3.63) is 0 Å². The average Bonchev–Trinajstić information content (AvgIpc) is 2.02. The predicted molar refractivity (Wildman–Crippen MR) is 63.8 cm³/mol. The minimum Gasteiger partial charge on any atom is -0.132 e. The average molecular weight is 236 g/mol. The van der Waals surface area contributed by atoms with Gasteiger partial charge in [-0.1, -0.05) is 13.8 Å². The fourth-order valence-electron chi connectivity index (χ4n) is 1.91. The maximum absolute atomic E-state index is 2.43. The maximum Gasteiger partial charge on any atom is 0.0569 e. The monoisotopic (exact) mass is 236 g/mol. The highest BCUT2D eigenvalue weighted by Crippen LogP contribution is 2.67. The van der Waals surface area contributed by atoms with Crippen LogP contribution in [-0.2, 0) is 0 Å². The number of hydrogen-bond donors (Lipinski definition) is 0. The van der Waals surface area contributed by atoms with Gasteiger partial charge < -0.3 is 0 Å². The Morgan fingerprint density at radius 1 is 0.583 bits per heavy atom. The quantitative estimate of drug-likeness (QED) is 0.630. The predicted octanol–water partition coefficient (Wildman–Crippen LogP) is 3.54. The Kier molecular flexibility index (Phi) is 2.13. The van der Waals surface area contributed by atoms with Gasteiger partial charge in [-0.15, -0.1) is 47.0 Å². The van der Waals surface area contributed by atoms with Crippen molar-refractivity contribution >= 4 is 47.0 Å². The molecule has 0 aromatic rings. The first-order valence-electron chi connectivity index (χ1n) is 4.37. The van der Waals surface area contributed by atoms with Crippen LogP contribution in [0.5, 0.6) is 0 Å². The molecule has 4 heteroatoms. The molecule has 4 aliphatic heterocycles. The van der Waals surface area contributed by atoms with Crippen molar-refractivity contribution in [3.63, 3.8) is 0 Å². The van der Waals surface area contributed by atoms with Crippen molar-refractivity contribution in [3.8, 4) is 0 Å². The Hall–Kier alpha value is 1.40. The molecule has 0 N–H and O–H groups in total. The van der Waals surface area contributed by atoms with Gasteiger partial charge in [-0.25, -0.2) is 0 Å². The third-order valence-electron chi connectivity index (χ3n) is 2.79. The first kappa shape index (κ1) is 8.69. The van der Waals surface area contributed by atoms with Crippen LogP contribution in [0.25, 0.3) is 0 Å². The van der Waals surface area contributed by atoms with Crippen LogP contribution in [-0.4, -0.2) is 18.3 Å². The first-order valence-corrected chi connectivity index (χ1v) is 8.14. The van der Waals surface area contributed by atoms with Gasteiger partial charge >= 0.3 is 0 Å². The molecule has 0 aliphatic carbocycles. The van der Waals surface area contributed by atoms with E-state index < -0.39 is 0 Å². The lowest BCUT2D eigenvalue weighted by molar-refractivity contribution is 0.613. The number of rotatable bonds is 0. The van der Waals surface area contributed by atoms with Crippen LogP contribution in [0.1, 0.15) is 13.8 Å². The Morgan fingerprint density at radius 3 is 1.08 bits per heavy atom. The summed E-state index contributed by atoms with van der Waals surface area (Å²) in [7, 11) is 0. The second-order valence-electron chi connectivity index (χ2n) is 3.74. The van der Waals surface area contributed by atoms with Crippen molar-refractivity contribution in [1.29, 1.82) is 0 Å². The van der Waals surface area contributed by atoms with Crippen molar-refractivity contribution in [1.82, 2.24) is 0 Å². The number of thioether (sulfide) groups is 4. The standard InChI is InChI=1S/C8H12S4/c1-3-5-9-7-4(2)8(10-5)12-6(3)11-7/h3-8H,1-2H3. The fourth-order valence-corrected chi connectivity index (χ4v) is 11.7. The van der Waals surface area contributed by atoms with E-state index in [4.69, 9.17) is 0 Å². The largest absolute Gasteiger partial charge is 0.132 e. The molecule has 4 bridgehead atoms. The third-order valence-corrected chi connectivity index (χ3v) is 11.0. The molecule has 0 amide bonds. The molecule has 4 heterocycles. The van der Waals surface area contributed by atoms with Gasteiger partial charge in [0.1, 0.15) is 0 Å². The van der Waals surface area contributed by atoms with Crippen LogP contribution in [0.2, 0.25) is 0 Å². The van der Waals surface area contributed by atoms with E-state index in [2.05, 4.69) is 60.9 Å². The third kappa shape index (κ3) is 1.11. The molecule has 0 aromatic heterocycles. The summed E-state index contributed by atoms with van der Waals surface area (Å²) in [4.78, 5) is 0. The Balaban J connectivity index is 1.91. The molecule has 12 heavy (non-hydrogen) atoms. The van der Waals surface area contributed by atoms with Gasteiger partial charge in [-0.3, -0.25) is 0 Å². The fraction of sp³-hybridized carbons (Fsp3) is 1.00. The molecular weight excluding hydrogens is 224 g/mol. The van der Waals surface area contributed by atoms with Crippen LogP contribution in [0, 0.1) is 11.8 Å². The van der Waals surface area contributed by atoms with Gasteiger partial charge in [0.05, 0.1) is 18.3 Å². The lowest BCUT2D eigenvalue weighted by Gasteiger charge is -2.54. The van der Waals surface area contributed by atoms with E-state index in [1.54, 1.807) is 0 Å². The van der Waals surface area contributed by atoms with E-state index in [-0.39, 0.29) is 0 Å². The molecule has 0 radical (unpaired) electrons. The lowest BCUT2D eigenvalue weighted by atomic mass is 10.2. The molecule has 0 spiro atoms. The van der Waals surface area contributed by atoms with Crippen LogP contribution in [0.4, 0.5) is 0 Å². The molecule has 0 nitrogen and oxygen atoms in total. The van der Waals surface area contributed by atoms with Crippen LogP contribution >= 0.6 is 47.0 Å². The highest BCUT2D eigenvalue weighted by Gasteiger charge is 2.52. The summed E-state index contributed by atoms with van der Waals surface area (Å²) in [6.07, 6.45) is 0. The van der Waals surface area contributed by atoms with Crippen LogP contribution < -0.4 is 0 Å². The van der Waals surface area contributed by atoms with Crippen LogP contribution in [0.3, 0.4) is 0 Å². The molecule has 68 valence electrons. The molecule has 0 saturated carbocycles. The smallest absolute Gasteiger partial charge is 0.0569 e. The maximum atomic E-state index is 2.43. The van der Waals surface area contributed by atoms with Crippen molar-refractivity contribution in [2.24, 2.45) is 11.8 Å². The van der Waals surface area contributed by atoms with E-state index in [1.165, 1.54) is 0 Å². The van der Waals surface area contributed by atoms with Gasteiger partial charge in [0.25, 0.3) is 0 Å². The van der Waals surface area contributed by atoms with E-state index in [0.29, 0.717) is 0 Å². The van der Waals surface area contributed by atoms with Gasteiger partial charge in [0.15, 0.2) is 0 Å².